The van der Waals surface area contributed by atoms with Crippen LogP contribution < -0.4 is 0 Å². The summed E-state index contributed by atoms with van der Waals surface area (Å²) in [6, 6.07) is 0. The lowest BCUT2D eigenvalue weighted by atomic mass is 10.4. The minimum Gasteiger partial charge on any atom is -0.741 e. The standard InChI is InChI=1S/C11H26N3.CHF3O3S/c1-7-13(8-2)11(12(5)6)14(9-3)10-4;2-1(3,4)8(5,6)7/h7-10H2,1-6H3;(H,5,6,7)/q+1;/p-1. The van der Waals surface area contributed by atoms with E-state index in [9.17, 15) is 13.2 Å². The maximum absolute atomic E-state index is 10.7. The summed E-state index contributed by atoms with van der Waals surface area (Å²) in [5.41, 5.74) is -5.65. The third-order valence-corrected chi connectivity index (χ3v) is 3.34. The average molecular weight is 349 g/mol. The molecule has 134 valence electrons. The third kappa shape index (κ3) is 7.83. The van der Waals surface area contributed by atoms with Gasteiger partial charge in [0.15, 0.2) is 10.1 Å². The molecule has 0 aromatic heterocycles. The Morgan fingerprint density at radius 3 is 1.27 bits per heavy atom. The van der Waals surface area contributed by atoms with E-state index >= 15 is 0 Å². The lowest BCUT2D eigenvalue weighted by Gasteiger charge is -2.26. The molecule has 0 rings (SSSR count). The van der Waals surface area contributed by atoms with Gasteiger partial charge in [-0.3, -0.25) is 14.4 Å². The van der Waals surface area contributed by atoms with Gasteiger partial charge in [0.1, 0.15) is 0 Å². The number of halogens is 3. The Morgan fingerprint density at radius 2 is 1.18 bits per heavy atom. The second-order valence-electron chi connectivity index (χ2n) is 4.44. The quantitative estimate of drug-likeness (QED) is 0.252. The zero-order chi connectivity index (χ0) is 18.1. The van der Waals surface area contributed by atoms with Gasteiger partial charge in [0.05, 0.1) is 40.3 Å². The van der Waals surface area contributed by atoms with Gasteiger partial charge in [-0.05, 0) is 27.7 Å². The molecule has 0 N–H and O–H groups in total. The molecule has 0 fully saturated rings. The van der Waals surface area contributed by atoms with Crippen LogP contribution in [0.5, 0.6) is 0 Å². The molecule has 0 aromatic carbocycles. The van der Waals surface area contributed by atoms with E-state index in [4.69, 9.17) is 13.0 Å². The number of hydrogen-bond donors (Lipinski definition) is 0. The summed E-state index contributed by atoms with van der Waals surface area (Å²) in [7, 11) is -1.86. The van der Waals surface area contributed by atoms with Crippen molar-refractivity contribution in [1.29, 1.82) is 0 Å². The fraction of sp³-hybridized carbons (Fsp3) is 0.917. The Kier molecular flexibility index (Phi) is 10.4. The monoisotopic (exact) mass is 349 g/mol. The van der Waals surface area contributed by atoms with Crippen LogP contribution in [0.2, 0.25) is 0 Å². The third-order valence-electron chi connectivity index (χ3n) is 2.78. The van der Waals surface area contributed by atoms with Crippen LogP contribution in [0.25, 0.3) is 0 Å². The van der Waals surface area contributed by atoms with Gasteiger partial charge < -0.3 is 4.55 Å². The van der Waals surface area contributed by atoms with Crippen molar-refractivity contribution >= 4 is 16.1 Å². The molecule has 0 atom stereocenters. The van der Waals surface area contributed by atoms with E-state index in [1.165, 1.54) is 5.96 Å². The first-order valence-electron chi connectivity index (χ1n) is 6.93. The minimum absolute atomic E-state index is 1.07. The maximum Gasteiger partial charge on any atom is 0.485 e. The van der Waals surface area contributed by atoms with Crippen molar-refractivity contribution in [3.8, 4) is 0 Å². The van der Waals surface area contributed by atoms with Gasteiger partial charge in [-0.2, -0.15) is 13.2 Å². The smallest absolute Gasteiger partial charge is 0.485 e. The first kappa shape index (κ1) is 23.2. The molecule has 0 saturated heterocycles. The normalized spacial score (nSPS) is 11.4. The van der Waals surface area contributed by atoms with Crippen LogP contribution in [-0.4, -0.2) is 79.1 Å². The zero-order valence-electron chi connectivity index (χ0n) is 13.9. The highest BCUT2D eigenvalue weighted by Gasteiger charge is 2.36. The van der Waals surface area contributed by atoms with E-state index in [0.717, 1.165) is 26.2 Å². The minimum atomic E-state index is -6.09. The van der Waals surface area contributed by atoms with Gasteiger partial charge in [0.25, 0.3) is 0 Å². The van der Waals surface area contributed by atoms with Crippen LogP contribution in [0.1, 0.15) is 27.7 Å². The topological polar surface area (TPSA) is 66.7 Å². The first-order chi connectivity index (χ1) is 9.87. The molecule has 0 aromatic rings. The lowest BCUT2D eigenvalue weighted by Crippen LogP contribution is -2.48. The SMILES string of the molecule is CCN(CC)C(N(CC)CC)=[N+](C)C.O=S(=O)([O-])C(F)(F)F. The summed E-state index contributed by atoms with van der Waals surface area (Å²) in [6.07, 6.45) is 0. The van der Waals surface area contributed by atoms with Crippen LogP contribution in [-0.2, 0) is 10.1 Å². The van der Waals surface area contributed by atoms with E-state index < -0.39 is 15.6 Å². The molecule has 0 aliphatic carbocycles. The summed E-state index contributed by atoms with van der Waals surface area (Å²) in [4.78, 5) is 4.79. The van der Waals surface area contributed by atoms with Crippen molar-refractivity contribution < 1.29 is 30.7 Å². The summed E-state index contributed by atoms with van der Waals surface area (Å²) in [5, 5.41) is 0. The second kappa shape index (κ2) is 9.88. The number of alkyl halides is 3. The Morgan fingerprint density at radius 1 is 0.955 bits per heavy atom. The predicted octanol–water partition coefficient (Wildman–Crippen LogP) is 1.35. The summed E-state index contributed by atoms with van der Waals surface area (Å²) in [6.45, 7) is 13.1. The first-order valence-corrected chi connectivity index (χ1v) is 8.34. The largest absolute Gasteiger partial charge is 0.741 e. The van der Waals surface area contributed by atoms with E-state index in [2.05, 4.69) is 56.2 Å². The molecular formula is C12H26F3N3O3S. The van der Waals surface area contributed by atoms with E-state index in [1.54, 1.807) is 0 Å². The van der Waals surface area contributed by atoms with E-state index in [-0.39, 0.29) is 0 Å². The maximum atomic E-state index is 10.7. The van der Waals surface area contributed by atoms with Crippen molar-refractivity contribution in [1.82, 2.24) is 9.80 Å². The molecular weight excluding hydrogens is 323 g/mol. The van der Waals surface area contributed by atoms with Crippen LogP contribution in [0.15, 0.2) is 0 Å². The Balaban J connectivity index is 0. The van der Waals surface area contributed by atoms with Gasteiger partial charge in [0.2, 0.25) is 0 Å². The lowest BCUT2D eigenvalue weighted by molar-refractivity contribution is -0.476. The molecule has 0 spiro atoms. The molecule has 0 unspecified atom stereocenters. The van der Waals surface area contributed by atoms with Gasteiger partial charge >= 0.3 is 11.5 Å². The molecule has 0 amide bonds. The zero-order valence-corrected chi connectivity index (χ0v) is 14.8. The van der Waals surface area contributed by atoms with Crippen LogP contribution in [0, 0.1) is 0 Å². The number of guanidine groups is 1. The Labute approximate surface area is 131 Å². The second-order valence-corrected chi connectivity index (χ2v) is 5.81. The van der Waals surface area contributed by atoms with Gasteiger partial charge in [-0.1, -0.05) is 0 Å². The summed E-state index contributed by atoms with van der Waals surface area (Å²) in [5.74, 6) is 1.33. The Hall–Kier alpha value is -1.03. The summed E-state index contributed by atoms with van der Waals surface area (Å²) >= 11 is 0. The van der Waals surface area contributed by atoms with Crippen LogP contribution in [0.3, 0.4) is 0 Å². The van der Waals surface area contributed by atoms with Crippen molar-refractivity contribution in [2.24, 2.45) is 0 Å². The molecule has 6 nitrogen and oxygen atoms in total. The molecule has 10 heteroatoms. The van der Waals surface area contributed by atoms with E-state index in [0.29, 0.717) is 0 Å². The molecule has 22 heavy (non-hydrogen) atoms. The van der Waals surface area contributed by atoms with Gasteiger partial charge in [-0.25, -0.2) is 8.42 Å². The molecule has 0 bridgehead atoms. The molecule has 0 aliphatic rings. The molecule has 0 radical (unpaired) electrons. The highest BCUT2D eigenvalue weighted by Crippen LogP contribution is 2.20. The number of nitrogens with zero attached hydrogens (tertiary/aromatic N) is 3. The van der Waals surface area contributed by atoms with Gasteiger partial charge in [-0.15, -0.1) is 0 Å². The number of hydrogen-bond acceptors (Lipinski definition) is 3. The average Bonchev–Trinajstić information content (AvgIpc) is 2.37. The highest BCUT2D eigenvalue weighted by atomic mass is 32.2. The van der Waals surface area contributed by atoms with Crippen molar-refractivity contribution in [3.05, 3.63) is 0 Å². The van der Waals surface area contributed by atoms with Crippen molar-refractivity contribution in [2.45, 2.75) is 33.2 Å². The molecule has 0 heterocycles. The summed E-state index contributed by atoms with van der Waals surface area (Å²) < 4.78 is 61.1. The highest BCUT2D eigenvalue weighted by molar-refractivity contribution is 7.86. The van der Waals surface area contributed by atoms with Crippen molar-refractivity contribution in [3.63, 3.8) is 0 Å². The molecule has 0 saturated carbocycles. The number of rotatable bonds is 4. The fourth-order valence-electron chi connectivity index (χ4n) is 1.78. The Bertz CT molecular complexity index is 424. The molecule has 0 aliphatic heterocycles. The van der Waals surface area contributed by atoms with Crippen molar-refractivity contribution in [2.75, 3.05) is 40.3 Å². The van der Waals surface area contributed by atoms with Crippen LogP contribution >= 0.6 is 0 Å². The van der Waals surface area contributed by atoms with E-state index in [1.807, 2.05) is 0 Å². The fourth-order valence-corrected chi connectivity index (χ4v) is 1.78. The van der Waals surface area contributed by atoms with Gasteiger partial charge in [0, 0.05) is 0 Å². The van der Waals surface area contributed by atoms with Crippen LogP contribution in [0.4, 0.5) is 13.2 Å². The predicted molar refractivity (Wildman–Crippen MR) is 78.7 cm³/mol.